The highest BCUT2D eigenvalue weighted by Crippen LogP contribution is 2.40. The molecule has 0 bridgehead atoms. The van der Waals surface area contributed by atoms with Gasteiger partial charge in [-0.3, -0.25) is 14.5 Å². The van der Waals surface area contributed by atoms with Crippen molar-refractivity contribution in [2.24, 2.45) is 4.99 Å². The number of β-amino-alcohol motifs (C(OH)–C–C–N with tert-alkyl or cyclic N) is 1. The van der Waals surface area contributed by atoms with Crippen LogP contribution in [0.4, 0.5) is 24.5 Å². The molecule has 2 saturated heterocycles. The van der Waals surface area contributed by atoms with Crippen molar-refractivity contribution in [1.82, 2.24) is 19.7 Å². The van der Waals surface area contributed by atoms with Crippen LogP contribution < -0.4 is 14.5 Å². The first kappa shape index (κ1) is 32.6. The summed E-state index contributed by atoms with van der Waals surface area (Å²) in [6.45, 7) is 11.6. The van der Waals surface area contributed by atoms with E-state index in [1.165, 1.54) is 18.2 Å². The molecular formula is C35H40F3N7O2S. The lowest BCUT2D eigenvalue weighted by atomic mass is 9.90. The van der Waals surface area contributed by atoms with Gasteiger partial charge in [0.05, 0.1) is 29.8 Å². The van der Waals surface area contributed by atoms with E-state index < -0.39 is 23.3 Å². The largest absolute Gasteiger partial charge is 0.497 e. The van der Waals surface area contributed by atoms with Crippen LogP contribution >= 0.6 is 11.3 Å². The molecule has 254 valence electrons. The number of methoxy groups -OCH3 is 1. The van der Waals surface area contributed by atoms with Crippen LogP contribution in [0.3, 0.4) is 0 Å². The number of hydrogen-bond donors (Lipinski definition) is 1. The highest BCUT2D eigenvalue weighted by atomic mass is 32.1. The Balaban J connectivity index is 1.05. The van der Waals surface area contributed by atoms with Gasteiger partial charge in [0.1, 0.15) is 40.1 Å². The first-order valence-corrected chi connectivity index (χ1v) is 17.2. The third-order valence-corrected chi connectivity index (χ3v) is 11.3. The van der Waals surface area contributed by atoms with Crippen LogP contribution in [0, 0.1) is 38.2 Å². The summed E-state index contributed by atoms with van der Waals surface area (Å²) in [5.41, 5.74) is 2.01. The summed E-state index contributed by atoms with van der Waals surface area (Å²) < 4.78 is 53.8. The molecule has 0 amide bonds. The molecule has 3 aliphatic rings. The number of anilines is 2. The third-order valence-electron chi connectivity index (χ3n) is 10.1. The summed E-state index contributed by atoms with van der Waals surface area (Å²) in [4.78, 5) is 12.0. The maximum atomic E-state index is 16.1. The normalized spacial score (nSPS) is 19.5. The average molecular weight is 680 g/mol. The molecule has 2 aromatic carbocycles. The molecular weight excluding hydrogens is 639 g/mol. The number of aryl methyl sites for hydroxylation is 2. The lowest BCUT2D eigenvalue weighted by Gasteiger charge is -2.44. The van der Waals surface area contributed by atoms with E-state index in [4.69, 9.17) is 9.73 Å². The molecule has 48 heavy (non-hydrogen) atoms. The number of halogens is 3. The molecule has 0 spiro atoms. The Kier molecular flexibility index (Phi) is 8.49. The molecule has 2 fully saturated rings. The number of aliphatic imine (C=N–C) groups is 1. The molecule has 4 aromatic rings. The molecule has 9 nitrogen and oxygen atoms in total. The van der Waals surface area contributed by atoms with Gasteiger partial charge in [-0.05, 0) is 64.3 Å². The Hall–Kier alpha value is -3.94. The number of piperazine rings is 1. The maximum Gasteiger partial charge on any atom is 0.162 e. The zero-order valence-electron chi connectivity index (χ0n) is 27.9. The van der Waals surface area contributed by atoms with Crippen LogP contribution in [0.15, 0.2) is 35.3 Å². The first-order valence-electron chi connectivity index (χ1n) is 16.3. The summed E-state index contributed by atoms with van der Waals surface area (Å²) in [6.07, 6.45) is 0.834. The van der Waals surface area contributed by atoms with Gasteiger partial charge < -0.3 is 19.6 Å². The molecule has 0 unspecified atom stereocenters. The van der Waals surface area contributed by atoms with Gasteiger partial charge in [0, 0.05) is 74.0 Å². The van der Waals surface area contributed by atoms with Crippen molar-refractivity contribution in [3.05, 3.63) is 81.0 Å². The number of aliphatic hydroxyl groups is 1. The minimum absolute atomic E-state index is 0.114. The SMILES string of the molecule is COc1ccc(F)c(N2CCN(CC3(O)CCN(c4cc(F)c(C5=N[C@@H](C)c6nnc(C)n6-c6sc(C)c(C)c65)cc4F)CC3)CC2)c1. The molecule has 1 N–H and O–H groups in total. The summed E-state index contributed by atoms with van der Waals surface area (Å²) in [5, 5.41) is 21.0. The summed E-state index contributed by atoms with van der Waals surface area (Å²) >= 11 is 1.57. The van der Waals surface area contributed by atoms with Crippen molar-refractivity contribution in [1.29, 1.82) is 0 Å². The Morgan fingerprint density at radius 1 is 0.896 bits per heavy atom. The Labute approximate surface area is 282 Å². The quantitative estimate of drug-likeness (QED) is 0.278. The number of rotatable bonds is 6. The van der Waals surface area contributed by atoms with Gasteiger partial charge in [-0.15, -0.1) is 21.5 Å². The Morgan fingerprint density at radius 3 is 2.29 bits per heavy atom. The van der Waals surface area contributed by atoms with E-state index in [-0.39, 0.29) is 17.1 Å². The number of nitrogens with zero attached hydrogens (tertiary/aromatic N) is 7. The number of aromatic nitrogens is 3. The molecule has 0 saturated carbocycles. The van der Waals surface area contributed by atoms with Crippen LogP contribution in [0.1, 0.15) is 59.0 Å². The summed E-state index contributed by atoms with van der Waals surface area (Å²) in [5.74, 6) is 0.623. The number of benzene rings is 2. The highest BCUT2D eigenvalue weighted by molar-refractivity contribution is 7.15. The fourth-order valence-electron chi connectivity index (χ4n) is 7.17. The second-order valence-electron chi connectivity index (χ2n) is 13.1. The standard InChI is InChI=1S/C35H40F3N7O2S/c1-20-22(3)48-34-31(20)32(39-21(2)33-41-40-23(4)45(33)34)25-17-28(38)30(18-27(25)37)43-10-8-35(46,9-11-43)19-42-12-14-44(15-13-42)29-16-24(47-5)6-7-26(29)36/h6-7,16-18,21,46H,8-15,19H2,1-5H3/t21-/m0/s1. The molecule has 3 aliphatic heterocycles. The summed E-state index contributed by atoms with van der Waals surface area (Å²) in [7, 11) is 1.56. The topological polar surface area (TPSA) is 82.2 Å². The predicted octanol–water partition coefficient (Wildman–Crippen LogP) is 5.75. The number of fused-ring (bicyclic) bond motifs is 3. The lowest BCUT2D eigenvalue weighted by molar-refractivity contribution is -0.0174. The van der Waals surface area contributed by atoms with Crippen molar-refractivity contribution in [3.8, 4) is 10.8 Å². The molecule has 7 rings (SSSR count). The van der Waals surface area contributed by atoms with Crippen LogP contribution in [0.5, 0.6) is 5.75 Å². The molecule has 1 atom stereocenters. The van der Waals surface area contributed by atoms with E-state index >= 15 is 8.78 Å². The van der Waals surface area contributed by atoms with E-state index in [1.54, 1.807) is 30.6 Å². The molecule has 0 aliphatic carbocycles. The van der Waals surface area contributed by atoms with Crippen molar-refractivity contribution < 1.29 is 23.0 Å². The third kappa shape index (κ3) is 5.75. The van der Waals surface area contributed by atoms with Gasteiger partial charge in [-0.1, -0.05) is 0 Å². The average Bonchev–Trinajstić information content (AvgIpc) is 3.56. The molecule has 0 radical (unpaired) electrons. The van der Waals surface area contributed by atoms with E-state index in [2.05, 4.69) is 15.1 Å². The number of hydrogen-bond acceptors (Lipinski definition) is 9. The van der Waals surface area contributed by atoms with Crippen molar-refractivity contribution >= 4 is 28.4 Å². The second-order valence-corrected chi connectivity index (χ2v) is 14.3. The first-order chi connectivity index (χ1) is 23.0. The predicted molar refractivity (Wildman–Crippen MR) is 182 cm³/mol. The van der Waals surface area contributed by atoms with Gasteiger partial charge in [-0.25, -0.2) is 13.2 Å². The van der Waals surface area contributed by atoms with Gasteiger partial charge in [0.2, 0.25) is 0 Å². The highest BCUT2D eigenvalue weighted by Gasteiger charge is 2.37. The number of piperidine rings is 1. The fraction of sp³-hybridized carbons (Fsp3) is 0.457. The Morgan fingerprint density at radius 2 is 1.58 bits per heavy atom. The maximum absolute atomic E-state index is 16.1. The van der Waals surface area contributed by atoms with Gasteiger partial charge in [-0.2, -0.15) is 0 Å². The van der Waals surface area contributed by atoms with Crippen molar-refractivity contribution in [3.63, 3.8) is 0 Å². The van der Waals surface area contributed by atoms with Crippen molar-refractivity contribution in [2.45, 2.75) is 52.2 Å². The van der Waals surface area contributed by atoms with Gasteiger partial charge in [0.25, 0.3) is 0 Å². The molecule has 13 heteroatoms. The van der Waals surface area contributed by atoms with Gasteiger partial charge >= 0.3 is 0 Å². The van der Waals surface area contributed by atoms with Crippen LogP contribution in [0.25, 0.3) is 5.00 Å². The monoisotopic (exact) mass is 679 g/mol. The zero-order valence-corrected chi connectivity index (χ0v) is 28.7. The van der Waals surface area contributed by atoms with E-state index in [9.17, 15) is 9.50 Å². The smallest absolute Gasteiger partial charge is 0.162 e. The Bertz CT molecular complexity index is 1890. The van der Waals surface area contributed by atoms with E-state index in [0.717, 1.165) is 21.0 Å². The number of ether oxygens (including phenoxy) is 1. The molecule has 2 aromatic heterocycles. The van der Waals surface area contributed by atoms with Crippen LogP contribution in [-0.4, -0.2) is 89.0 Å². The fourth-order valence-corrected chi connectivity index (χ4v) is 8.39. The van der Waals surface area contributed by atoms with Crippen molar-refractivity contribution in [2.75, 3.05) is 62.7 Å². The minimum atomic E-state index is -0.956. The second kappa shape index (κ2) is 12.5. The van der Waals surface area contributed by atoms with Crippen LogP contribution in [0.2, 0.25) is 0 Å². The van der Waals surface area contributed by atoms with Crippen LogP contribution in [-0.2, 0) is 0 Å². The minimum Gasteiger partial charge on any atom is -0.497 e. The molecule has 5 heterocycles. The number of thiophene rings is 1. The van der Waals surface area contributed by atoms with E-state index in [0.29, 0.717) is 87.5 Å². The zero-order chi connectivity index (χ0) is 33.9. The summed E-state index contributed by atoms with van der Waals surface area (Å²) in [6, 6.07) is 6.85. The van der Waals surface area contributed by atoms with E-state index in [1.807, 2.05) is 42.1 Å². The lowest BCUT2D eigenvalue weighted by Crippen LogP contribution is -2.55. The van der Waals surface area contributed by atoms with Gasteiger partial charge in [0.15, 0.2) is 5.82 Å².